The molecule has 138 valence electrons. The van der Waals surface area contributed by atoms with Gasteiger partial charge < -0.3 is 0 Å². The summed E-state index contributed by atoms with van der Waals surface area (Å²) in [4.78, 5) is 11.9. The summed E-state index contributed by atoms with van der Waals surface area (Å²) in [5.74, 6) is -0.0342. The number of carbonyl (C=O) groups excluding carboxylic acids is 1. The molecule has 2 rings (SSSR count). The average molecular weight is 343 g/mol. The molecule has 1 aromatic carbocycles. The molecular formula is C22H34N2O. The lowest BCUT2D eigenvalue weighted by atomic mass is 9.93. The number of amides is 1. The van der Waals surface area contributed by atoms with Crippen molar-refractivity contribution >= 4 is 12.0 Å². The standard InChI is InChI=1S/C22H34N2O/c1-4-5-6-7-8-9-10-11-12-18-13-15-19(16-14-18)17-20-21(25)23-24-22(20,2)3/h13-17,24H,4-12H2,1-3H3,(H,23,25)/b20-17+. The highest BCUT2D eigenvalue weighted by Gasteiger charge is 2.34. The van der Waals surface area contributed by atoms with E-state index in [1.807, 2.05) is 19.9 Å². The second kappa shape index (κ2) is 9.76. The summed E-state index contributed by atoms with van der Waals surface area (Å²) in [5, 5.41) is 0. The molecule has 1 saturated heterocycles. The average Bonchev–Trinajstić information content (AvgIpc) is 2.85. The Kier molecular flexibility index (Phi) is 7.70. The van der Waals surface area contributed by atoms with Gasteiger partial charge in [-0.3, -0.25) is 10.2 Å². The van der Waals surface area contributed by atoms with Gasteiger partial charge in [0.2, 0.25) is 0 Å². The van der Waals surface area contributed by atoms with Crippen LogP contribution in [0, 0.1) is 0 Å². The molecule has 0 bridgehead atoms. The monoisotopic (exact) mass is 342 g/mol. The molecule has 3 heteroatoms. The molecule has 0 aromatic heterocycles. The second-order valence-electron chi connectivity index (χ2n) is 7.73. The highest BCUT2D eigenvalue weighted by molar-refractivity contribution is 6.01. The Balaban J connectivity index is 1.74. The van der Waals surface area contributed by atoms with Crippen LogP contribution in [0.15, 0.2) is 29.8 Å². The SMILES string of the molecule is CCCCCCCCCCc1ccc(/C=C2\C(=O)NNC2(C)C)cc1. The fourth-order valence-electron chi connectivity index (χ4n) is 3.29. The van der Waals surface area contributed by atoms with E-state index < -0.39 is 0 Å². The Bertz CT molecular complexity index is 572. The summed E-state index contributed by atoms with van der Waals surface area (Å²) in [7, 11) is 0. The Labute approximate surface area is 153 Å². The van der Waals surface area contributed by atoms with Crippen LogP contribution in [-0.4, -0.2) is 11.4 Å². The summed E-state index contributed by atoms with van der Waals surface area (Å²) in [5.41, 5.74) is 8.63. The number of hydrogen-bond acceptors (Lipinski definition) is 2. The summed E-state index contributed by atoms with van der Waals surface area (Å²) < 4.78 is 0. The molecule has 1 aliphatic rings. The number of nitrogens with one attached hydrogen (secondary N) is 2. The van der Waals surface area contributed by atoms with Gasteiger partial charge >= 0.3 is 0 Å². The molecule has 1 aliphatic heterocycles. The quantitative estimate of drug-likeness (QED) is 0.455. The third-order valence-corrected chi connectivity index (χ3v) is 5.02. The maximum Gasteiger partial charge on any atom is 0.263 e. The van der Waals surface area contributed by atoms with E-state index in [1.54, 1.807) is 0 Å². The van der Waals surface area contributed by atoms with E-state index in [0.29, 0.717) is 0 Å². The lowest BCUT2D eigenvalue weighted by molar-refractivity contribution is -0.116. The maximum absolute atomic E-state index is 11.9. The minimum atomic E-state index is -0.327. The minimum absolute atomic E-state index is 0.0342. The first-order valence-corrected chi connectivity index (χ1v) is 9.91. The van der Waals surface area contributed by atoms with Crippen molar-refractivity contribution in [1.82, 2.24) is 10.9 Å². The van der Waals surface area contributed by atoms with Crippen molar-refractivity contribution in [1.29, 1.82) is 0 Å². The van der Waals surface area contributed by atoms with E-state index in [-0.39, 0.29) is 11.4 Å². The summed E-state index contributed by atoms with van der Waals surface area (Å²) in [6.45, 7) is 6.28. The first kappa shape index (κ1) is 19.7. The van der Waals surface area contributed by atoms with Gasteiger partial charge in [-0.15, -0.1) is 0 Å². The van der Waals surface area contributed by atoms with E-state index in [1.165, 1.54) is 56.9 Å². The van der Waals surface area contributed by atoms with Gasteiger partial charge in [0.25, 0.3) is 5.91 Å². The van der Waals surface area contributed by atoms with Crippen LogP contribution in [0.5, 0.6) is 0 Å². The van der Waals surface area contributed by atoms with Crippen LogP contribution in [-0.2, 0) is 11.2 Å². The third kappa shape index (κ3) is 6.32. The topological polar surface area (TPSA) is 41.1 Å². The zero-order valence-corrected chi connectivity index (χ0v) is 16.2. The number of hydrazine groups is 1. The molecule has 0 atom stereocenters. The minimum Gasteiger partial charge on any atom is -0.287 e. The molecule has 1 fully saturated rings. The lowest BCUT2D eigenvalue weighted by Gasteiger charge is -2.16. The van der Waals surface area contributed by atoms with Crippen LogP contribution in [0.2, 0.25) is 0 Å². The third-order valence-electron chi connectivity index (χ3n) is 5.02. The summed E-state index contributed by atoms with van der Waals surface area (Å²) in [6, 6.07) is 8.63. The van der Waals surface area contributed by atoms with Crippen molar-refractivity contribution in [3.8, 4) is 0 Å². The Hall–Kier alpha value is -1.61. The molecule has 0 saturated carbocycles. The zero-order chi connectivity index (χ0) is 18.1. The van der Waals surface area contributed by atoms with Crippen LogP contribution in [0.1, 0.15) is 83.3 Å². The van der Waals surface area contributed by atoms with Gasteiger partial charge in [-0.05, 0) is 43.9 Å². The highest BCUT2D eigenvalue weighted by atomic mass is 16.2. The van der Waals surface area contributed by atoms with E-state index in [9.17, 15) is 4.79 Å². The number of benzene rings is 1. The number of carbonyl (C=O) groups is 1. The van der Waals surface area contributed by atoms with Gasteiger partial charge in [-0.1, -0.05) is 76.1 Å². The molecule has 0 radical (unpaired) electrons. The smallest absolute Gasteiger partial charge is 0.263 e. The molecule has 2 N–H and O–H groups in total. The number of hydrogen-bond donors (Lipinski definition) is 2. The van der Waals surface area contributed by atoms with Gasteiger partial charge in [0.05, 0.1) is 5.54 Å². The van der Waals surface area contributed by atoms with Crippen LogP contribution >= 0.6 is 0 Å². The van der Waals surface area contributed by atoms with Crippen LogP contribution in [0.25, 0.3) is 6.08 Å². The first-order valence-electron chi connectivity index (χ1n) is 9.91. The molecular weight excluding hydrogens is 308 g/mol. The van der Waals surface area contributed by atoms with Crippen molar-refractivity contribution in [3.05, 3.63) is 41.0 Å². The van der Waals surface area contributed by atoms with Crippen LogP contribution < -0.4 is 10.9 Å². The van der Waals surface area contributed by atoms with Gasteiger partial charge in [-0.25, -0.2) is 5.43 Å². The fraction of sp³-hybridized carbons (Fsp3) is 0.591. The fourth-order valence-corrected chi connectivity index (χ4v) is 3.29. The number of aryl methyl sites for hydroxylation is 1. The van der Waals surface area contributed by atoms with Gasteiger partial charge in [0.15, 0.2) is 0 Å². The van der Waals surface area contributed by atoms with Crippen molar-refractivity contribution in [2.24, 2.45) is 0 Å². The largest absolute Gasteiger partial charge is 0.287 e. The van der Waals surface area contributed by atoms with E-state index in [2.05, 4.69) is 42.0 Å². The molecule has 1 aromatic rings. The Morgan fingerprint density at radius 3 is 2.08 bits per heavy atom. The normalized spacial score (nSPS) is 17.9. The maximum atomic E-state index is 11.9. The molecule has 25 heavy (non-hydrogen) atoms. The van der Waals surface area contributed by atoms with E-state index >= 15 is 0 Å². The zero-order valence-electron chi connectivity index (χ0n) is 16.2. The van der Waals surface area contributed by atoms with Gasteiger partial charge in [0, 0.05) is 5.57 Å². The predicted molar refractivity (Wildman–Crippen MR) is 106 cm³/mol. The van der Waals surface area contributed by atoms with Crippen molar-refractivity contribution < 1.29 is 4.79 Å². The molecule has 0 spiro atoms. The second-order valence-corrected chi connectivity index (χ2v) is 7.73. The van der Waals surface area contributed by atoms with Crippen molar-refractivity contribution in [2.75, 3.05) is 0 Å². The molecule has 1 amide bonds. The molecule has 0 unspecified atom stereocenters. The first-order chi connectivity index (χ1) is 12.0. The van der Waals surface area contributed by atoms with Crippen molar-refractivity contribution in [2.45, 2.75) is 84.1 Å². The van der Waals surface area contributed by atoms with Gasteiger partial charge in [-0.2, -0.15) is 0 Å². The van der Waals surface area contributed by atoms with Crippen LogP contribution in [0.3, 0.4) is 0 Å². The molecule has 3 nitrogen and oxygen atoms in total. The number of unbranched alkanes of at least 4 members (excludes halogenated alkanes) is 7. The van der Waals surface area contributed by atoms with Crippen molar-refractivity contribution in [3.63, 3.8) is 0 Å². The van der Waals surface area contributed by atoms with E-state index in [0.717, 1.165) is 17.6 Å². The highest BCUT2D eigenvalue weighted by Crippen LogP contribution is 2.23. The van der Waals surface area contributed by atoms with Crippen LogP contribution in [0.4, 0.5) is 0 Å². The Morgan fingerprint density at radius 2 is 1.52 bits per heavy atom. The number of rotatable bonds is 10. The predicted octanol–water partition coefficient (Wildman–Crippen LogP) is 5.17. The van der Waals surface area contributed by atoms with E-state index in [4.69, 9.17) is 0 Å². The lowest BCUT2D eigenvalue weighted by Crippen LogP contribution is -2.38. The molecule has 1 heterocycles. The summed E-state index contributed by atoms with van der Waals surface area (Å²) in [6.07, 6.45) is 14.0. The summed E-state index contributed by atoms with van der Waals surface area (Å²) >= 11 is 0. The molecule has 0 aliphatic carbocycles. The van der Waals surface area contributed by atoms with Gasteiger partial charge in [0.1, 0.15) is 0 Å². The Morgan fingerprint density at radius 1 is 0.920 bits per heavy atom.